The van der Waals surface area contributed by atoms with Gasteiger partial charge < -0.3 is 14.2 Å². The molecular formula is C20H22ClN3O2S. The highest BCUT2D eigenvalue weighted by Gasteiger charge is 2.15. The number of fused-ring (bicyclic) bond motifs is 1. The van der Waals surface area contributed by atoms with Gasteiger partial charge in [-0.3, -0.25) is 4.79 Å². The molecule has 0 fully saturated rings. The van der Waals surface area contributed by atoms with Crippen LogP contribution in [-0.4, -0.2) is 46.8 Å². The Labute approximate surface area is 168 Å². The largest absolute Gasteiger partial charge is 0.492 e. The Morgan fingerprint density at radius 1 is 1.22 bits per heavy atom. The summed E-state index contributed by atoms with van der Waals surface area (Å²) in [6.07, 6.45) is 2.03. The van der Waals surface area contributed by atoms with Gasteiger partial charge in [0.25, 0.3) is 0 Å². The predicted octanol–water partition coefficient (Wildman–Crippen LogP) is 4.09. The number of aromatic nitrogens is 2. The van der Waals surface area contributed by atoms with Crippen molar-refractivity contribution in [2.75, 3.05) is 26.5 Å². The summed E-state index contributed by atoms with van der Waals surface area (Å²) < 4.78 is 7.68. The standard InChI is InChI=1S/C20H22ClN3O2S/c1-23(11-12-26-16-9-7-15(21)8-10-16)20(25)13-24-18-6-4-3-5-17(18)22-19(24)14-27-2/h3-10H,11-14H2,1-2H3. The van der Waals surface area contributed by atoms with Crippen LogP contribution in [0.4, 0.5) is 0 Å². The monoisotopic (exact) mass is 403 g/mol. The number of amides is 1. The molecule has 0 spiro atoms. The summed E-state index contributed by atoms with van der Waals surface area (Å²) in [5.41, 5.74) is 1.91. The third-order valence-corrected chi connectivity index (χ3v) is 5.03. The normalized spacial score (nSPS) is 10.9. The van der Waals surface area contributed by atoms with E-state index in [0.29, 0.717) is 18.2 Å². The van der Waals surface area contributed by atoms with Crippen molar-refractivity contribution in [3.8, 4) is 5.75 Å². The fourth-order valence-corrected chi connectivity index (χ4v) is 3.36. The summed E-state index contributed by atoms with van der Waals surface area (Å²) >= 11 is 7.56. The molecule has 142 valence electrons. The summed E-state index contributed by atoms with van der Waals surface area (Å²) in [6, 6.07) is 15.1. The Bertz CT molecular complexity index is 911. The van der Waals surface area contributed by atoms with Gasteiger partial charge in [-0.25, -0.2) is 4.98 Å². The van der Waals surface area contributed by atoms with Crippen LogP contribution in [-0.2, 0) is 17.1 Å². The molecule has 0 aliphatic heterocycles. The first-order valence-electron chi connectivity index (χ1n) is 8.64. The molecule has 27 heavy (non-hydrogen) atoms. The van der Waals surface area contributed by atoms with Crippen LogP contribution in [0.3, 0.4) is 0 Å². The molecule has 1 amide bonds. The molecule has 0 saturated heterocycles. The Morgan fingerprint density at radius 2 is 1.96 bits per heavy atom. The molecular weight excluding hydrogens is 382 g/mol. The summed E-state index contributed by atoms with van der Waals surface area (Å²) in [4.78, 5) is 19.0. The van der Waals surface area contributed by atoms with Crippen molar-refractivity contribution < 1.29 is 9.53 Å². The number of hydrogen-bond acceptors (Lipinski definition) is 4. The van der Waals surface area contributed by atoms with Crippen molar-refractivity contribution in [2.24, 2.45) is 0 Å². The van der Waals surface area contributed by atoms with Crippen LogP contribution in [0.15, 0.2) is 48.5 Å². The number of carbonyl (C=O) groups is 1. The topological polar surface area (TPSA) is 47.4 Å². The number of likely N-dealkylation sites (N-methyl/N-ethyl adjacent to an activating group) is 1. The Kier molecular flexibility index (Phi) is 6.63. The molecule has 0 aliphatic rings. The van der Waals surface area contributed by atoms with Crippen LogP contribution in [0.25, 0.3) is 11.0 Å². The molecule has 0 aliphatic carbocycles. The maximum atomic E-state index is 12.7. The number of imidazole rings is 1. The van der Waals surface area contributed by atoms with E-state index in [1.165, 1.54) is 0 Å². The van der Waals surface area contributed by atoms with E-state index >= 15 is 0 Å². The number of carbonyl (C=O) groups excluding carboxylic acids is 1. The average molecular weight is 404 g/mol. The maximum absolute atomic E-state index is 12.7. The van der Waals surface area contributed by atoms with E-state index < -0.39 is 0 Å². The van der Waals surface area contributed by atoms with Crippen molar-refractivity contribution in [3.63, 3.8) is 0 Å². The molecule has 3 rings (SSSR count). The van der Waals surface area contributed by atoms with Crippen molar-refractivity contribution in [3.05, 3.63) is 59.4 Å². The second-order valence-electron chi connectivity index (χ2n) is 6.15. The molecule has 0 N–H and O–H groups in total. The number of halogens is 1. The van der Waals surface area contributed by atoms with Crippen LogP contribution in [0.1, 0.15) is 5.82 Å². The Hall–Kier alpha value is -2.18. The molecule has 0 bridgehead atoms. The second-order valence-corrected chi connectivity index (χ2v) is 7.46. The number of nitrogens with zero attached hydrogens (tertiary/aromatic N) is 3. The maximum Gasteiger partial charge on any atom is 0.242 e. The molecule has 0 atom stereocenters. The minimum atomic E-state index is 0.0280. The van der Waals surface area contributed by atoms with Crippen molar-refractivity contribution in [1.82, 2.24) is 14.5 Å². The number of para-hydroxylation sites is 2. The van der Waals surface area contributed by atoms with Gasteiger partial charge in [0, 0.05) is 12.1 Å². The summed E-state index contributed by atoms with van der Waals surface area (Å²) in [6.45, 7) is 1.20. The SMILES string of the molecule is CSCc1nc2ccccc2n1CC(=O)N(C)CCOc1ccc(Cl)cc1. The first-order valence-corrected chi connectivity index (χ1v) is 10.4. The summed E-state index contributed by atoms with van der Waals surface area (Å²) in [7, 11) is 1.79. The molecule has 7 heteroatoms. The van der Waals surface area contributed by atoms with Crippen molar-refractivity contribution in [1.29, 1.82) is 0 Å². The van der Waals surface area contributed by atoms with E-state index in [4.69, 9.17) is 16.3 Å². The molecule has 1 aromatic heterocycles. The highest BCUT2D eigenvalue weighted by Crippen LogP contribution is 2.19. The molecule has 3 aromatic rings. The van der Waals surface area contributed by atoms with Crippen LogP contribution < -0.4 is 4.74 Å². The fraction of sp³-hybridized carbons (Fsp3) is 0.300. The lowest BCUT2D eigenvalue weighted by atomic mass is 10.3. The fourth-order valence-electron chi connectivity index (χ4n) is 2.75. The number of ether oxygens (including phenoxy) is 1. The van der Waals surface area contributed by atoms with Gasteiger partial charge in [-0.15, -0.1) is 0 Å². The first kappa shape index (κ1) is 19.6. The Morgan fingerprint density at radius 3 is 2.70 bits per heavy atom. The Balaban J connectivity index is 1.61. The van der Waals surface area contributed by atoms with Crippen LogP contribution in [0, 0.1) is 0 Å². The number of hydrogen-bond donors (Lipinski definition) is 0. The van der Waals surface area contributed by atoms with Gasteiger partial charge >= 0.3 is 0 Å². The number of rotatable bonds is 8. The van der Waals surface area contributed by atoms with E-state index in [1.54, 1.807) is 35.8 Å². The minimum absolute atomic E-state index is 0.0280. The zero-order valence-corrected chi connectivity index (χ0v) is 17.0. The van der Waals surface area contributed by atoms with E-state index in [2.05, 4.69) is 4.98 Å². The minimum Gasteiger partial charge on any atom is -0.492 e. The van der Waals surface area contributed by atoms with Crippen molar-refractivity contribution in [2.45, 2.75) is 12.3 Å². The zero-order chi connectivity index (χ0) is 19.2. The summed E-state index contributed by atoms with van der Waals surface area (Å²) in [5.74, 6) is 2.46. The summed E-state index contributed by atoms with van der Waals surface area (Å²) in [5, 5.41) is 0.670. The van der Waals surface area contributed by atoms with Crippen LogP contribution in [0.2, 0.25) is 5.02 Å². The second kappa shape index (κ2) is 9.15. The van der Waals surface area contributed by atoms with Crippen LogP contribution >= 0.6 is 23.4 Å². The van der Waals surface area contributed by atoms with Gasteiger partial charge in [-0.05, 0) is 42.7 Å². The third kappa shape index (κ3) is 4.96. The number of benzene rings is 2. The predicted molar refractivity (Wildman–Crippen MR) is 112 cm³/mol. The van der Waals surface area contributed by atoms with Crippen LogP contribution in [0.5, 0.6) is 5.75 Å². The number of thioether (sulfide) groups is 1. The highest BCUT2D eigenvalue weighted by atomic mass is 35.5. The molecule has 0 saturated carbocycles. The molecule has 2 aromatic carbocycles. The van der Waals surface area contributed by atoms with Gasteiger partial charge in [-0.2, -0.15) is 11.8 Å². The van der Waals surface area contributed by atoms with Gasteiger partial charge in [-0.1, -0.05) is 23.7 Å². The quantitative estimate of drug-likeness (QED) is 0.568. The van der Waals surface area contributed by atoms with E-state index in [0.717, 1.165) is 28.4 Å². The molecule has 1 heterocycles. The first-order chi connectivity index (χ1) is 13.1. The van der Waals surface area contributed by atoms with Gasteiger partial charge in [0.05, 0.1) is 23.3 Å². The van der Waals surface area contributed by atoms with Gasteiger partial charge in [0.1, 0.15) is 24.7 Å². The average Bonchev–Trinajstić information content (AvgIpc) is 3.01. The molecule has 0 unspecified atom stereocenters. The highest BCUT2D eigenvalue weighted by molar-refractivity contribution is 7.97. The lowest BCUT2D eigenvalue weighted by molar-refractivity contribution is -0.130. The third-order valence-electron chi connectivity index (χ3n) is 4.24. The van der Waals surface area contributed by atoms with Gasteiger partial charge in [0.15, 0.2) is 0 Å². The van der Waals surface area contributed by atoms with E-state index in [9.17, 15) is 4.79 Å². The van der Waals surface area contributed by atoms with Crippen molar-refractivity contribution >= 4 is 40.3 Å². The smallest absolute Gasteiger partial charge is 0.242 e. The molecule has 0 radical (unpaired) electrons. The molecule has 5 nitrogen and oxygen atoms in total. The zero-order valence-electron chi connectivity index (χ0n) is 15.4. The lowest BCUT2D eigenvalue weighted by Gasteiger charge is -2.19. The van der Waals surface area contributed by atoms with E-state index in [-0.39, 0.29) is 12.5 Å². The van der Waals surface area contributed by atoms with Gasteiger partial charge in [0.2, 0.25) is 5.91 Å². The van der Waals surface area contributed by atoms with E-state index in [1.807, 2.05) is 47.2 Å². The lowest BCUT2D eigenvalue weighted by Crippen LogP contribution is -2.33.